The van der Waals surface area contributed by atoms with Gasteiger partial charge in [0.05, 0.1) is 11.6 Å². The maximum atomic E-state index is 11.7. The van der Waals surface area contributed by atoms with Crippen molar-refractivity contribution in [2.75, 3.05) is 7.11 Å². The van der Waals surface area contributed by atoms with Crippen molar-refractivity contribution < 1.29 is 14.6 Å². The minimum atomic E-state index is -1.02. The Morgan fingerprint density at radius 1 is 1.32 bits per heavy atom. The van der Waals surface area contributed by atoms with E-state index in [0.717, 1.165) is 15.6 Å². The molecule has 112 valence electrons. The van der Waals surface area contributed by atoms with Gasteiger partial charge in [-0.25, -0.2) is 9.78 Å². The highest BCUT2D eigenvalue weighted by molar-refractivity contribution is 9.10. The number of rotatable bonds is 3. The fourth-order valence-corrected chi connectivity index (χ4v) is 3.03. The van der Waals surface area contributed by atoms with Crippen LogP contribution < -0.4 is 4.74 Å². The average molecular weight is 361 g/mol. The van der Waals surface area contributed by atoms with Crippen molar-refractivity contribution in [2.24, 2.45) is 0 Å². The van der Waals surface area contributed by atoms with E-state index in [9.17, 15) is 9.90 Å². The number of carbonyl (C=O) groups is 1. The first kappa shape index (κ1) is 14.6. The average Bonchev–Trinajstić information content (AvgIpc) is 2.87. The number of carboxylic acid groups (broad SMARTS) is 1. The van der Waals surface area contributed by atoms with Crippen LogP contribution >= 0.6 is 15.9 Å². The Morgan fingerprint density at radius 2 is 2.00 bits per heavy atom. The van der Waals surface area contributed by atoms with Crippen LogP contribution in [0.3, 0.4) is 0 Å². The fraction of sp³-hybridized carbons (Fsp3) is 0.125. The van der Waals surface area contributed by atoms with Crippen LogP contribution in [0.4, 0.5) is 0 Å². The van der Waals surface area contributed by atoms with Crippen molar-refractivity contribution in [1.82, 2.24) is 9.38 Å². The van der Waals surface area contributed by atoms with Crippen molar-refractivity contribution in [3.63, 3.8) is 0 Å². The van der Waals surface area contributed by atoms with Crippen molar-refractivity contribution in [3.05, 3.63) is 52.3 Å². The Morgan fingerprint density at radius 3 is 2.59 bits per heavy atom. The zero-order valence-electron chi connectivity index (χ0n) is 12.0. The number of aromatic nitrogens is 2. The topological polar surface area (TPSA) is 63.8 Å². The van der Waals surface area contributed by atoms with E-state index in [1.807, 2.05) is 13.0 Å². The van der Waals surface area contributed by atoms with Crippen LogP contribution in [-0.4, -0.2) is 27.6 Å². The molecule has 0 aliphatic heterocycles. The minimum Gasteiger partial charge on any atom is -0.497 e. The van der Waals surface area contributed by atoms with Gasteiger partial charge >= 0.3 is 5.97 Å². The highest BCUT2D eigenvalue weighted by Gasteiger charge is 2.21. The third-order valence-electron chi connectivity index (χ3n) is 3.38. The van der Waals surface area contributed by atoms with Crippen LogP contribution in [0.15, 0.2) is 41.0 Å². The molecule has 0 bridgehead atoms. The van der Waals surface area contributed by atoms with Gasteiger partial charge in [0.25, 0.3) is 0 Å². The van der Waals surface area contributed by atoms with E-state index in [4.69, 9.17) is 4.74 Å². The molecular formula is C16H13BrN2O3. The molecule has 3 aromatic rings. The molecule has 0 saturated heterocycles. The first-order valence-corrected chi connectivity index (χ1v) is 7.36. The number of halogens is 1. The molecule has 6 heteroatoms. The molecule has 2 aromatic heterocycles. The number of hydrogen-bond donors (Lipinski definition) is 1. The Hall–Kier alpha value is -2.34. The molecular weight excluding hydrogens is 348 g/mol. The number of carboxylic acids is 1. The van der Waals surface area contributed by atoms with Crippen LogP contribution in [-0.2, 0) is 0 Å². The summed E-state index contributed by atoms with van der Waals surface area (Å²) in [7, 11) is 1.59. The minimum absolute atomic E-state index is 0.143. The van der Waals surface area contributed by atoms with E-state index < -0.39 is 5.97 Å². The summed E-state index contributed by atoms with van der Waals surface area (Å²) >= 11 is 3.44. The molecule has 0 aliphatic rings. The highest BCUT2D eigenvalue weighted by atomic mass is 79.9. The van der Waals surface area contributed by atoms with Crippen molar-refractivity contribution in [3.8, 4) is 17.0 Å². The lowest BCUT2D eigenvalue weighted by Gasteiger charge is -2.03. The lowest BCUT2D eigenvalue weighted by atomic mass is 10.1. The molecule has 0 saturated carbocycles. The van der Waals surface area contributed by atoms with Gasteiger partial charge in [-0.05, 0) is 58.7 Å². The standard InChI is InChI=1S/C16H13BrN2O3/c1-9-7-12(17)15-18-13(14(16(20)21)19(15)8-9)10-3-5-11(22-2)6-4-10/h3-8H,1-2H3,(H,20,21). The Kier molecular flexibility index (Phi) is 3.62. The Balaban J connectivity index is 2.30. The van der Waals surface area contributed by atoms with Crippen molar-refractivity contribution in [2.45, 2.75) is 6.92 Å². The zero-order chi connectivity index (χ0) is 15.9. The SMILES string of the molecule is COc1ccc(-c2nc3c(Br)cc(C)cn3c2C(=O)O)cc1. The van der Waals surface area contributed by atoms with Gasteiger partial charge in [-0.3, -0.25) is 4.40 Å². The third kappa shape index (κ3) is 2.35. The van der Waals surface area contributed by atoms with E-state index in [1.165, 1.54) is 0 Å². The quantitative estimate of drug-likeness (QED) is 0.771. The van der Waals surface area contributed by atoms with Crippen LogP contribution in [0, 0.1) is 6.92 Å². The predicted molar refractivity (Wildman–Crippen MR) is 86.6 cm³/mol. The van der Waals surface area contributed by atoms with Gasteiger partial charge in [0.2, 0.25) is 0 Å². The van der Waals surface area contributed by atoms with Gasteiger partial charge in [0.1, 0.15) is 11.4 Å². The zero-order valence-corrected chi connectivity index (χ0v) is 13.6. The summed E-state index contributed by atoms with van der Waals surface area (Å²) < 4.78 is 7.48. The summed E-state index contributed by atoms with van der Waals surface area (Å²) in [6, 6.07) is 9.07. The molecule has 0 fully saturated rings. The summed E-state index contributed by atoms with van der Waals surface area (Å²) in [4.78, 5) is 16.2. The number of aryl methyl sites for hydroxylation is 1. The molecule has 0 amide bonds. The molecule has 0 atom stereocenters. The molecule has 2 heterocycles. The summed E-state index contributed by atoms with van der Waals surface area (Å²) in [5, 5.41) is 9.60. The number of hydrogen-bond acceptors (Lipinski definition) is 3. The van der Waals surface area contributed by atoms with E-state index >= 15 is 0 Å². The van der Waals surface area contributed by atoms with Gasteiger partial charge < -0.3 is 9.84 Å². The fourth-order valence-electron chi connectivity index (χ4n) is 2.39. The second-order valence-corrected chi connectivity index (χ2v) is 5.76. The van der Waals surface area contributed by atoms with Gasteiger partial charge in [-0.1, -0.05) is 0 Å². The van der Waals surface area contributed by atoms with E-state index in [2.05, 4.69) is 20.9 Å². The Bertz CT molecular complexity index is 869. The first-order valence-electron chi connectivity index (χ1n) is 6.57. The number of ether oxygens (including phenoxy) is 1. The number of imidazole rings is 1. The largest absolute Gasteiger partial charge is 0.497 e. The summed E-state index contributed by atoms with van der Waals surface area (Å²) in [6.07, 6.45) is 1.77. The monoisotopic (exact) mass is 360 g/mol. The van der Waals surface area contributed by atoms with E-state index in [-0.39, 0.29) is 5.69 Å². The third-order valence-corrected chi connectivity index (χ3v) is 3.96. The summed E-state index contributed by atoms with van der Waals surface area (Å²) in [6.45, 7) is 1.91. The molecule has 0 radical (unpaired) electrons. The molecule has 0 aliphatic carbocycles. The van der Waals surface area contributed by atoms with Crippen molar-refractivity contribution in [1.29, 1.82) is 0 Å². The number of methoxy groups -OCH3 is 1. The van der Waals surface area contributed by atoms with E-state index in [1.54, 1.807) is 42.0 Å². The Labute approximate surface area is 135 Å². The van der Waals surface area contributed by atoms with Crippen LogP contribution in [0.2, 0.25) is 0 Å². The number of aromatic carboxylic acids is 1. The van der Waals surface area contributed by atoms with Gasteiger partial charge in [0, 0.05) is 11.8 Å². The molecule has 1 aromatic carbocycles. The van der Waals surface area contributed by atoms with Crippen LogP contribution in [0.5, 0.6) is 5.75 Å². The molecule has 22 heavy (non-hydrogen) atoms. The number of nitrogens with zero attached hydrogens (tertiary/aromatic N) is 2. The molecule has 5 nitrogen and oxygen atoms in total. The number of pyridine rings is 1. The molecule has 3 rings (SSSR count). The summed E-state index contributed by atoms with van der Waals surface area (Å²) in [5.74, 6) is -0.308. The van der Waals surface area contributed by atoms with Crippen LogP contribution in [0.1, 0.15) is 16.1 Å². The lowest BCUT2D eigenvalue weighted by Crippen LogP contribution is -2.04. The first-order chi connectivity index (χ1) is 10.5. The van der Waals surface area contributed by atoms with Crippen molar-refractivity contribution >= 4 is 27.5 Å². The number of fused-ring (bicyclic) bond motifs is 1. The normalized spacial score (nSPS) is 10.9. The van der Waals surface area contributed by atoms with Gasteiger partial charge in [-0.15, -0.1) is 0 Å². The predicted octanol–water partition coefficient (Wildman–Crippen LogP) is 3.78. The lowest BCUT2D eigenvalue weighted by molar-refractivity contribution is 0.0690. The second kappa shape index (κ2) is 5.46. The van der Waals surface area contributed by atoms with Crippen LogP contribution in [0.25, 0.3) is 16.9 Å². The van der Waals surface area contributed by atoms with E-state index in [0.29, 0.717) is 17.1 Å². The van der Waals surface area contributed by atoms with Gasteiger partial charge in [-0.2, -0.15) is 0 Å². The smallest absolute Gasteiger partial charge is 0.355 e. The highest BCUT2D eigenvalue weighted by Crippen LogP contribution is 2.29. The summed E-state index contributed by atoms with van der Waals surface area (Å²) in [5.41, 5.74) is 2.83. The molecule has 1 N–H and O–H groups in total. The number of benzene rings is 1. The second-order valence-electron chi connectivity index (χ2n) is 4.90. The maximum Gasteiger partial charge on any atom is 0.355 e. The maximum absolute atomic E-state index is 11.7. The van der Waals surface area contributed by atoms with Gasteiger partial charge in [0.15, 0.2) is 11.3 Å². The molecule has 0 unspecified atom stereocenters. The molecule has 0 spiro atoms.